The molecule has 5 heteroatoms. The molecule has 0 aliphatic carbocycles. The number of amides is 1. The largest absolute Gasteiger partial charge is 0.445 e. The molecule has 0 saturated carbocycles. The quantitative estimate of drug-likeness (QED) is 0.796. The van der Waals surface area contributed by atoms with E-state index >= 15 is 0 Å². The summed E-state index contributed by atoms with van der Waals surface area (Å²) in [6, 6.07) is 9.88. The van der Waals surface area contributed by atoms with Crippen LogP contribution in [0.5, 0.6) is 0 Å². The van der Waals surface area contributed by atoms with Crippen molar-refractivity contribution in [2.24, 2.45) is 0 Å². The molecular formula is C18H21N3O2. The fourth-order valence-corrected chi connectivity index (χ4v) is 2.76. The molecule has 1 aliphatic rings. The Hall–Kier alpha value is -2.56. The summed E-state index contributed by atoms with van der Waals surface area (Å²) in [5.41, 5.74) is 1.01. The van der Waals surface area contributed by atoms with E-state index in [1.807, 2.05) is 46.0 Å². The van der Waals surface area contributed by atoms with Gasteiger partial charge >= 0.3 is 6.09 Å². The summed E-state index contributed by atoms with van der Waals surface area (Å²) in [6.45, 7) is 1.85. The molecule has 1 aromatic heterocycles. The molecule has 2 aromatic rings. The van der Waals surface area contributed by atoms with E-state index in [2.05, 4.69) is 17.1 Å². The van der Waals surface area contributed by atoms with Crippen LogP contribution in [0.4, 0.5) is 4.79 Å². The minimum absolute atomic E-state index is 0.127. The Balaban J connectivity index is 1.51. The van der Waals surface area contributed by atoms with E-state index in [-0.39, 0.29) is 12.1 Å². The van der Waals surface area contributed by atoms with Crippen molar-refractivity contribution >= 4 is 6.09 Å². The Morgan fingerprint density at radius 1 is 1.35 bits per heavy atom. The lowest BCUT2D eigenvalue weighted by Crippen LogP contribution is -2.34. The van der Waals surface area contributed by atoms with Gasteiger partial charge in [-0.1, -0.05) is 42.5 Å². The third kappa shape index (κ3) is 4.22. The molecule has 1 aromatic carbocycles. The van der Waals surface area contributed by atoms with Crippen molar-refractivity contribution in [1.82, 2.24) is 14.5 Å². The molecule has 1 amide bonds. The number of hydrogen-bond acceptors (Lipinski definition) is 3. The van der Waals surface area contributed by atoms with E-state index in [9.17, 15) is 4.79 Å². The summed E-state index contributed by atoms with van der Waals surface area (Å²) >= 11 is 0. The summed E-state index contributed by atoms with van der Waals surface area (Å²) in [5, 5.41) is 0. The number of ether oxygens (including phenoxy) is 1. The van der Waals surface area contributed by atoms with Gasteiger partial charge in [-0.3, -0.25) is 0 Å². The number of carbonyl (C=O) groups is 1. The minimum atomic E-state index is -0.233. The van der Waals surface area contributed by atoms with Gasteiger partial charge in [0, 0.05) is 25.5 Å². The fraction of sp³-hybridized carbons (Fsp3) is 0.333. The topological polar surface area (TPSA) is 47.4 Å². The maximum atomic E-state index is 12.3. The normalized spacial score (nSPS) is 17.7. The first kappa shape index (κ1) is 15.3. The number of rotatable bonds is 5. The third-order valence-corrected chi connectivity index (χ3v) is 3.97. The second kappa shape index (κ2) is 7.63. The molecule has 2 heterocycles. The van der Waals surface area contributed by atoms with Crippen LogP contribution in [0.2, 0.25) is 0 Å². The first-order valence-electron chi connectivity index (χ1n) is 7.92. The third-order valence-electron chi connectivity index (χ3n) is 3.97. The Bertz CT molecular complexity index is 638. The van der Waals surface area contributed by atoms with Crippen LogP contribution < -0.4 is 0 Å². The standard InChI is InChI=1S/C18H21N3O2/c22-18(23-14-16-6-2-1-3-7-16)21-12-5-9-17(21)8-4-11-20-13-10-19-15-20/h1-4,6-8,10,13,15,17H,5,9,11-12,14H2/b8-4+. The second-order valence-electron chi connectivity index (χ2n) is 5.63. The second-order valence-corrected chi connectivity index (χ2v) is 5.63. The number of carbonyl (C=O) groups excluding carboxylic acids is 1. The van der Waals surface area contributed by atoms with Crippen molar-refractivity contribution in [3.05, 3.63) is 66.8 Å². The first-order chi connectivity index (χ1) is 11.3. The van der Waals surface area contributed by atoms with E-state index in [0.29, 0.717) is 6.61 Å². The van der Waals surface area contributed by atoms with Gasteiger partial charge in [-0.05, 0) is 18.4 Å². The average molecular weight is 311 g/mol. The molecule has 23 heavy (non-hydrogen) atoms. The zero-order chi connectivity index (χ0) is 15.9. The number of imidazole rings is 1. The summed E-state index contributed by atoms with van der Waals surface area (Å²) in [5.74, 6) is 0. The van der Waals surface area contributed by atoms with Gasteiger partial charge in [0.05, 0.1) is 12.4 Å². The zero-order valence-electron chi connectivity index (χ0n) is 13.0. The highest BCUT2D eigenvalue weighted by Gasteiger charge is 2.27. The Morgan fingerprint density at radius 3 is 3.00 bits per heavy atom. The monoisotopic (exact) mass is 311 g/mol. The smallest absolute Gasteiger partial charge is 0.410 e. The molecule has 0 bridgehead atoms. The van der Waals surface area contributed by atoms with E-state index < -0.39 is 0 Å². The van der Waals surface area contributed by atoms with Crippen LogP contribution in [0.3, 0.4) is 0 Å². The predicted molar refractivity (Wildman–Crippen MR) is 87.7 cm³/mol. The number of nitrogens with zero attached hydrogens (tertiary/aromatic N) is 3. The first-order valence-corrected chi connectivity index (χ1v) is 7.92. The van der Waals surface area contributed by atoms with Crippen LogP contribution in [0, 0.1) is 0 Å². The molecule has 1 atom stereocenters. The summed E-state index contributed by atoms with van der Waals surface area (Å²) in [6.07, 6.45) is 11.4. The highest BCUT2D eigenvalue weighted by Crippen LogP contribution is 2.20. The maximum Gasteiger partial charge on any atom is 0.410 e. The number of allylic oxidation sites excluding steroid dienone is 1. The van der Waals surface area contributed by atoms with Crippen molar-refractivity contribution in [2.75, 3.05) is 6.54 Å². The number of aromatic nitrogens is 2. The van der Waals surface area contributed by atoms with Crippen LogP contribution in [-0.2, 0) is 17.9 Å². The highest BCUT2D eigenvalue weighted by molar-refractivity contribution is 5.68. The Morgan fingerprint density at radius 2 is 2.22 bits per heavy atom. The maximum absolute atomic E-state index is 12.3. The zero-order valence-corrected chi connectivity index (χ0v) is 13.0. The summed E-state index contributed by atoms with van der Waals surface area (Å²) in [4.78, 5) is 18.1. The molecule has 1 unspecified atom stereocenters. The van der Waals surface area contributed by atoms with Crippen molar-refractivity contribution in [3.63, 3.8) is 0 Å². The number of hydrogen-bond donors (Lipinski definition) is 0. The van der Waals surface area contributed by atoms with Gasteiger partial charge in [-0.15, -0.1) is 0 Å². The molecule has 1 saturated heterocycles. The molecule has 0 spiro atoms. The van der Waals surface area contributed by atoms with Crippen LogP contribution >= 0.6 is 0 Å². The van der Waals surface area contributed by atoms with Crippen molar-refractivity contribution < 1.29 is 9.53 Å². The SMILES string of the molecule is O=C(OCc1ccccc1)N1CCCC1/C=C/Cn1ccnc1. The van der Waals surface area contributed by atoms with Gasteiger partial charge in [0.2, 0.25) is 0 Å². The predicted octanol–water partition coefficient (Wildman–Crippen LogP) is 3.24. The van der Waals surface area contributed by atoms with Gasteiger partial charge in [-0.2, -0.15) is 0 Å². The summed E-state index contributed by atoms with van der Waals surface area (Å²) in [7, 11) is 0. The van der Waals surface area contributed by atoms with Gasteiger partial charge in [0.25, 0.3) is 0 Å². The lowest BCUT2D eigenvalue weighted by atomic mass is 10.2. The molecule has 120 valence electrons. The lowest BCUT2D eigenvalue weighted by Gasteiger charge is -2.21. The van der Waals surface area contributed by atoms with Gasteiger partial charge in [0.15, 0.2) is 0 Å². The molecule has 3 rings (SSSR count). The Kier molecular flexibility index (Phi) is 5.09. The molecule has 0 radical (unpaired) electrons. The summed E-state index contributed by atoms with van der Waals surface area (Å²) < 4.78 is 7.42. The molecule has 1 aliphatic heterocycles. The van der Waals surface area contributed by atoms with Crippen LogP contribution in [-0.4, -0.2) is 33.1 Å². The highest BCUT2D eigenvalue weighted by atomic mass is 16.6. The average Bonchev–Trinajstić information content (AvgIpc) is 3.25. The van der Waals surface area contributed by atoms with Gasteiger partial charge in [0.1, 0.15) is 6.61 Å². The van der Waals surface area contributed by atoms with Crippen molar-refractivity contribution in [1.29, 1.82) is 0 Å². The lowest BCUT2D eigenvalue weighted by molar-refractivity contribution is 0.0974. The molecular weight excluding hydrogens is 290 g/mol. The molecule has 1 fully saturated rings. The van der Waals surface area contributed by atoms with Gasteiger partial charge < -0.3 is 14.2 Å². The van der Waals surface area contributed by atoms with Gasteiger partial charge in [-0.25, -0.2) is 9.78 Å². The minimum Gasteiger partial charge on any atom is -0.445 e. The van der Waals surface area contributed by atoms with E-state index in [0.717, 1.165) is 31.5 Å². The van der Waals surface area contributed by atoms with E-state index in [1.54, 1.807) is 12.5 Å². The number of likely N-dealkylation sites (tertiary alicyclic amines) is 1. The van der Waals surface area contributed by atoms with E-state index in [1.165, 1.54) is 0 Å². The van der Waals surface area contributed by atoms with E-state index in [4.69, 9.17) is 4.74 Å². The van der Waals surface area contributed by atoms with Crippen molar-refractivity contribution in [3.8, 4) is 0 Å². The van der Waals surface area contributed by atoms with Crippen LogP contribution in [0.1, 0.15) is 18.4 Å². The van der Waals surface area contributed by atoms with Crippen molar-refractivity contribution in [2.45, 2.75) is 32.0 Å². The molecule has 5 nitrogen and oxygen atoms in total. The fourth-order valence-electron chi connectivity index (χ4n) is 2.76. The Labute approximate surface area is 136 Å². The van der Waals surface area contributed by atoms with Crippen LogP contribution in [0.25, 0.3) is 0 Å². The number of benzene rings is 1. The molecule has 0 N–H and O–H groups in total. The van der Waals surface area contributed by atoms with Crippen LogP contribution in [0.15, 0.2) is 61.2 Å².